The Morgan fingerprint density at radius 3 is 2.48 bits per heavy atom. The smallest absolute Gasteiger partial charge is 0.133 e. The Morgan fingerprint density at radius 2 is 1.85 bits per heavy atom. The highest BCUT2D eigenvalue weighted by molar-refractivity contribution is 5.68. The fraction of sp³-hybridized carbons (Fsp3) is 0.450. The molecule has 0 spiro atoms. The lowest BCUT2D eigenvalue weighted by atomic mass is 10.2. The van der Waals surface area contributed by atoms with E-state index < -0.39 is 0 Å². The number of piperazine rings is 1. The molecule has 1 atom stereocenters. The van der Waals surface area contributed by atoms with Gasteiger partial charge in [-0.2, -0.15) is 5.26 Å². The van der Waals surface area contributed by atoms with Gasteiger partial charge in [0.15, 0.2) is 0 Å². The summed E-state index contributed by atoms with van der Waals surface area (Å²) in [5, 5.41) is 9.52. The molecule has 0 radical (unpaired) electrons. The third kappa shape index (κ3) is 3.58. The summed E-state index contributed by atoms with van der Waals surface area (Å²) in [6.45, 7) is 4.67. The van der Waals surface area contributed by atoms with Gasteiger partial charge in [0.05, 0.1) is 18.3 Å². The zero-order chi connectivity index (χ0) is 18.8. The van der Waals surface area contributed by atoms with Crippen LogP contribution < -0.4 is 15.5 Å². The third-order valence-electron chi connectivity index (χ3n) is 5.39. The van der Waals surface area contributed by atoms with Gasteiger partial charge < -0.3 is 24.8 Å². The molecule has 1 aromatic carbocycles. The molecule has 2 aromatic rings. The van der Waals surface area contributed by atoms with Crippen LogP contribution in [-0.2, 0) is 11.3 Å². The van der Waals surface area contributed by atoms with Crippen molar-refractivity contribution in [2.45, 2.75) is 25.5 Å². The first-order valence-corrected chi connectivity index (χ1v) is 9.42. The number of nitriles is 1. The van der Waals surface area contributed by atoms with Crippen LogP contribution in [-0.4, -0.2) is 43.5 Å². The minimum absolute atomic E-state index is 0.142. The average Bonchev–Trinajstić information content (AvgIpc) is 3.30. The van der Waals surface area contributed by atoms with Crippen molar-refractivity contribution in [3.63, 3.8) is 0 Å². The molecule has 7 heteroatoms. The van der Waals surface area contributed by atoms with E-state index in [4.69, 9.17) is 10.5 Å². The third-order valence-corrected chi connectivity index (χ3v) is 5.39. The fourth-order valence-electron chi connectivity index (χ4n) is 4.01. The van der Waals surface area contributed by atoms with Gasteiger partial charge in [0.1, 0.15) is 23.4 Å². The van der Waals surface area contributed by atoms with Crippen molar-refractivity contribution in [3.8, 4) is 6.07 Å². The van der Waals surface area contributed by atoms with Crippen LogP contribution in [0, 0.1) is 17.1 Å². The Morgan fingerprint density at radius 1 is 1.15 bits per heavy atom. The first kappa shape index (κ1) is 17.7. The Hall–Kier alpha value is -2.72. The van der Waals surface area contributed by atoms with Crippen LogP contribution in [0.5, 0.6) is 0 Å². The maximum atomic E-state index is 13.1. The molecule has 1 aromatic heterocycles. The van der Waals surface area contributed by atoms with Gasteiger partial charge in [-0.15, -0.1) is 0 Å². The number of ether oxygens (including phenoxy) is 1. The molecular weight excluding hydrogens is 345 g/mol. The molecule has 0 unspecified atom stereocenters. The van der Waals surface area contributed by atoms with Crippen LogP contribution in [0.15, 0.2) is 30.3 Å². The molecule has 142 valence electrons. The quantitative estimate of drug-likeness (QED) is 0.897. The summed E-state index contributed by atoms with van der Waals surface area (Å²) >= 11 is 0. The van der Waals surface area contributed by atoms with Gasteiger partial charge in [-0.3, -0.25) is 0 Å². The van der Waals surface area contributed by atoms with Crippen LogP contribution in [0.4, 0.5) is 21.6 Å². The standard InChI is InChI=1S/C20H24FN5O/c21-15-3-5-16(6-4-15)24-7-9-25(10-8-24)20-19(23)12-17(13-22)26(20)14-18-2-1-11-27-18/h3-6,12,18H,1-2,7-11,14,23H2/t18-/m0/s1. The van der Waals surface area contributed by atoms with E-state index in [1.54, 1.807) is 6.07 Å². The van der Waals surface area contributed by atoms with Crippen LogP contribution in [0.2, 0.25) is 0 Å². The van der Waals surface area contributed by atoms with Crippen molar-refractivity contribution in [2.75, 3.05) is 48.3 Å². The molecule has 0 bridgehead atoms. The van der Waals surface area contributed by atoms with Crippen LogP contribution >= 0.6 is 0 Å². The highest BCUT2D eigenvalue weighted by Crippen LogP contribution is 2.31. The van der Waals surface area contributed by atoms with Crippen LogP contribution in [0.1, 0.15) is 18.5 Å². The van der Waals surface area contributed by atoms with Gasteiger partial charge in [0, 0.05) is 38.5 Å². The second-order valence-corrected chi connectivity index (χ2v) is 7.12. The van der Waals surface area contributed by atoms with E-state index in [0.29, 0.717) is 17.9 Å². The molecule has 2 aliphatic rings. The maximum Gasteiger partial charge on any atom is 0.133 e. The first-order chi connectivity index (χ1) is 13.2. The summed E-state index contributed by atoms with van der Waals surface area (Å²) in [5.74, 6) is 0.696. The zero-order valence-electron chi connectivity index (χ0n) is 15.3. The number of benzene rings is 1. The van der Waals surface area contributed by atoms with E-state index >= 15 is 0 Å². The summed E-state index contributed by atoms with van der Waals surface area (Å²) in [6, 6.07) is 10.6. The van der Waals surface area contributed by atoms with Crippen molar-refractivity contribution in [3.05, 3.63) is 41.8 Å². The summed E-state index contributed by atoms with van der Waals surface area (Å²) in [7, 11) is 0. The molecule has 4 rings (SSSR count). The number of rotatable bonds is 4. The maximum absolute atomic E-state index is 13.1. The summed E-state index contributed by atoms with van der Waals surface area (Å²) in [4.78, 5) is 4.48. The van der Waals surface area contributed by atoms with E-state index in [9.17, 15) is 9.65 Å². The van der Waals surface area contributed by atoms with Crippen molar-refractivity contribution in [1.82, 2.24) is 4.57 Å². The number of aromatic nitrogens is 1. The Labute approximate surface area is 158 Å². The topological polar surface area (TPSA) is 70.5 Å². The van der Waals surface area contributed by atoms with E-state index in [0.717, 1.165) is 57.1 Å². The molecule has 0 amide bonds. The second kappa shape index (κ2) is 7.49. The molecule has 6 nitrogen and oxygen atoms in total. The summed E-state index contributed by atoms with van der Waals surface area (Å²) in [6.07, 6.45) is 2.22. The number of nitrogens with two attached hydrogens (primary N) is 1. The summed E-state index contributed by atoms with van der Waals surface area (Å²) in [5.41, 5.74) is 8.52. The molecule has 0 aliphatic carbocycles. The Bertz CT molecular complexity index is 827. The monoisotopic (exact) mass is 369 g/mol. The minimum Gasteiger partial charge on any atom is -0.396 e. The highest BCUT2D eigenvalue weighted by Gasteiger charge is 2.26. The number of nitrogen functional groups attached to an aromatic ring is 1. The van der Waals surface area contributed by atoms with Crippen molar-refractivity contribution in [1.29, 1.82) is 5.26 Å². The second-order valence-electron chi connectivity index (χ2n) is 7.12. The van der Waals surface area contributed by atoms with Crippen LogP contribution in [0.25, 0.3) is 0 Å². The van der Waals surface area contributed by atoms with Gasteiger partial charge in [-0.1, -0.05) is 0 Å². The Balaban J connectivity index is 1.51. The average molecular weight is 369 g/mol. The lowest BCUT2D eigenvalue weighted by Crippen LogP contribution is -2.47. The van der Waals surface area contributed by atoms with Gasteiger partial charge in [-0.25, -0.2) is 4.39 Å². The summed E-state index contributed by atoms with van der Waals surface area (Å²) < 4.78 is 20.9. The van der Waals surface area contributed by atoms with E-state index in [2.05, 4.69) is 15.9 Å². The zero-order valence-corrected chi connectivity index (χ0v) is 15.3. The van der Waals surface area contributed by atoms with E-state index in [1.165, 1.54) is 12.1 Å². The number of nitrogens with zero attached hydrogens (tertiary/aromatic N) is 4. The largest absolute Gasteiger partial charge is 0.396 e. The first-order valence-electron chi connectivity index (χ1n) is 9.42. The fourth-order valence-corrected chi connectivity index (χ4v) is 4.01. The predicted molar refractivity (Wildman–Crippen MR) is 103 cm³/mol. The molecular formula is C20H24FN5O. The molecule has 2 fully saturated rings. The highest BCUT2D eigenvalue weighted by atomic mass is 19.1. The van der Waals surface area contributed by atoms with Crippen LogP contribution in [0.3, 0.4) is 0 Å². The lowest BCUT2D eigenvalue weighted by molar-refractivity contribution is 0.0971. The normalized spacial score (nSPS) is 20.1. The van der Waals surface area contributed by atoms with Gasteiger partial charge in [0.2, 0.25) is 0 Å². The van der Waals surface area contributed by atoms with E-state index in [-0.39, 0.29) is 11.9 Å². The van der Waals surface area contributed by atoms with Gasteiger partial charge >= 0.3 is 0 Å². The molecule has 2 saturated heterocycles. The van der Waals surface area contributed by atoms with Crippen molar-refractivity contribution < 1.29 is 9.13 Å². The SMILES string of the molecule is N#Cc1cc(N)c(N2CCN(c3ccc(F)cc3)CC2)n1C[C@@H]1CCCO1. The lowest BCUT2D eigenvalue weighted by Gasteiger charge is -2.38. The molecule has 2 aliphatic heterocycles. The molecule has 0 saturated carbocycles. The van der Waals surface area contributed by atoms with Gasteiger partial charge in [0.25, 0.3) is 0 Å². The molecule has 3 heterocycles. The Kier molecular flexibility index (Phi) is 4.90. The van der Waals surface area contributed by atoms with Crippen molar-refractivity contribution in [2.24, 2.45) is 0 Å². The minimum atomic E-state index is -0.221. The number of hydrogen-bond acceptors (Lipinski definition) is 5. The number of halogens is 1. The predicted octanol–water partition coefficient (Wildman–Crippen LogP) is 2.59. The number of hydrogen-bond donors (Lipinski definition) is 1. The van der Waals surface area contributed by atoms with Gasteiger partial charge in [-0.05, 0) is 43.2 Å². The van der Waals surface area contributed by atoms with Crippen molar-refractivity contribution >= 4 is 17.2 Å². The molecule has 27 heavy (non-hydrogen) atoms. The van der Waals surface area contributed by atoms with E-state index in [1.807, 2.05) is 16.7 Å². The number of anilines is 3. The molecule has 2 N–H and O–H groups in total.